The van der Waals surface area contributed by atoms with E-state index in [1.54, 1.807) is 0 Å². The van der Waals surface area contributed by atoms with Gasteiger partial charge in [0.25, 0.3) is 5.91 Å². The first-order chi connectivity index (χ1) is 16.9. The van der Waals surface area contributed by atoms with E-state index in [0.717, 1.165) is 27.8 Å². The molecular weight excluding hydrogens is 452 g/mol. The van der Waals surface area contributed by atoms with Gasteiger partial charge in [0.15, 0.2) is 6.10 Å². The average Bonchev–Trinajstić information content (AvgIpc) is 2.83. The third-order valence-corrected chi connectivity index (χ3v) is 6.13. The smallest absolute Gasteiger partial charge is 0.339 e. The van der Waals surface area contributed by atoms with Crippen molar-refractivity contribution in [3.8, 4) is 11.1 Å². The largest absolute Gasteiger partial charge is 0.467 e. The molecule has 1 amide bonds. The van der Waals surface area contributed by atoms with E-state index in [1.165, 1.54) is 7.11 Å². The zero-order chi connectivity index (χ0) is 26.6. The third kappa shape index (κ3) is 6.18. The van der Waals surface area contributed by atoms with Gasteiger partial charge in [0, 0.05) is 23.4 Å². The van der Waals surface area contributed by atoms with Crippen molar-refractivity contribution in [2.45, 2.75) is 66.7 Å². The Morgan fingerprint density at radius 1 is 0.972 bits per heavy atom. The van der Waals surface area contributed by atoms with Crippen LogP contribution in [0.1, 0.15) is 70.9 Å². The molecular formula is C30H36N2O4. The maximum atomic E-state index is 13.3. The molecule has 0 aliphatic rings. The molecule has 6 heteroatoms. The predicted octanol–water partition coefficient (Wildman–Crippen LogP) is 5.94. The summed E-state index contributed by atoms with van der Waals surface area (Å²) in [7, 11) is 1.34. The number of benzene rings is 2. The number of aromatic nitrogens is 1. The number of aryl methyl sites for hydroxylation is 3. The standard InChI is InChI=1S/C30H36N2O4/c1-18-14-15-23(16-19(18)2)25-21(4)32-26(28(33)31-17-22-12-10-9-11-13-22)20(3)24(25)27(29(34)35-8)36-30(5,6)7/h9-16,27H,17H2,1-8H3,(H,31,33). The molecule has 0 spiro atoms. The molecule has 190 valence electrons. The molecule has 0 saturated carbocycles. The van der Waals surface area contributed by atoms with Crippen LogP contribution in [0, 0.1) is 27.7 Å². The fraction of sp³-hybridized carbons (Fsp3) is 0.367. The van der Waals surface area contributed by atoms with Gasteiger partial charge < -0.3 is 14.8 Å². The molecule has 1 N–H and O–H groups in total. The second-order valence-corrected chi connectivity index (χ2v) is 10.1. The summed E-state index contributed by atoms with van der Waals surface area (Å²) in [4.78, 5) is 31.1. The van der Waals surface area contributed by atoms with Crippen LogP contribution in [0.15, 0.2) is 48.5 Å². The SMILES string of the molecule is COC(=O)C(OC(C)(C)C)c1c(C)c(C(=O)NCc2ccccc2)nc(C)c1-c1ccc(C)c(C)c1. The van der Waals surface area contributed by atoms with E-state index >= 15 is 0 Å². The van der Waals surface area contributed by atoms with Crippen LogP contribution in [0.25, 0.3) is 11.1 Å². The lowest BCUT2D eigenvalue weighted by Crippen LogP contribution is -2.31. The summed E-state index contributed by atoms with van der Waals surface area (Å²) < 4.78 is 11.4. The molecule has 0 fully saturated rings. The Morgan fingerprint density at radius 2 is 1.64 bits per heavy atom. The molecule has 0 aliphatic carbocycles. The molecule has 0 radical (unpaired) electrons. The fourth-order valence-electron chi connectivity index (χ4n) is 4.17. The van der Waals surface area contributed by atoms with Crippen LogP contribution < -0.4 is 5.32 Å². The molecule has 6 nitrogen and oxygen atoms in total. The molecule has 1 atom stereocenters. The minimum atomic E-state index is -1.03. The van der Waals surface area contributed by atoms with Gasteiger partial charge in [0.2, 0.25) is 0 Å². The van der Waals surface area contributed by atoms with E-state index in [2.05, 4.69) is 18.3 Å². The first-order valence-electron chi connectivity index (χ1n) is 12.1. The van der Waals surface area contributed by atoms with E-state index in [4.69, 9.17) is 14.5 Å². The lowest BCUT2D eigenvalue weighted by atomic mass is 9.88. The van der Waals surface area contributed by atoms with Crippen molar-refractivity contribution in [3.05, 3.63) is 87.7 Å². The number of hydrogen-bond acceptors (Lipinski definition) is 5. The summed E-state index contributed by atoms with van der Waals surface area (Å²) in [6.45, 7) is 13.8. The van der Waals surface area contributed by atoms with E-state index < -0.39 is 17.7 Å². The number of pyridine rings is 1. The van der Waals surface area contributed by atoms with Crippen molar-refractivity contribution in [2.75, 3.05) is 7.11 Å². The van der Waals surface area contributed by atoms with Gasteiger partial charge in [-0.2, -0.15) is 0 Å². The highest BCUT2D eigenvalue weighted by Crippen LogP contribution is 2.39. The van der Waals surface area contributed by atoms with Crippen LogP contribution in [-0.4, -0.2) is 29.6 Å². The number of nitrogens with one attached hydrogen (secondary N) is 1. The van der Waals surface area contributed by atoms with Crippen LogP contribution in [0.5, 0.6) is 0 Å². The van der Waals surface area contributed by atoms with Gasteiger partial charge >= 0.3 is 5.97 Å². The van der Waals surface area contributed by atoms with E-state index in [9.17, 15) is 9.59 Å². The van der Waals surface area contributed by atoms with Gasteiger partial charge in [-0.05, 0) is 76.3 Å². The molecule has 3 rings (SSSR count). The second-order valence-electron chi connectivity index (χ2n) is 10.1. The summed E-state index contributed by atoms with van der Waals surface area (Å²) in [6, 6.07) is 15.8. The summed E-state index contributed by atoms with van der Waals surface area (Å²) in [5, 5.41) is 2.96. The number of hydrogen-bond donors (Lipinski definition) is 1. The molecule has 0 aliphatic heterocycles. The molecule has 0 saturated heterocycles. The number of carbonyl (C=O) groups is 2. The number of esters is 1. The van der Waals surface area contributed by atoms with E-state index in [0.29, 0.717) is 23.4 Å². The first-order valence-corrected chi connectivity index (χ1v) is 12.1. The van der Waals surface area contributed by atoms with Crippen LogP contribution in [0.3, 0.4) is 0 Å². The zero-order valence-electron chi connectivity index (χ0n) is 22.5. The third-order valence-electron chi connectivity index (χ3n) is 6.13. The molecule has 36 heavy (non-hydrogen) atoms. The Labute approximate surface area is 214 Å². The van der Waals surface area contributed by atoms with Crippen molar-refractivity contribution in [3.63, 3.8) is 0 Å². The van der Waals surface area contributed by atoms with E-state index in [1.807, 2.05) is 84.0 Å². The number of methoxy groups -OCH3 is 1. The number of rotatable bonds is 7. The van der Waals surface area contributed by atoms with Crippen molar-refractivity contribution in [1.82, 2.24) is 10.3 Å². The minimum absolute atomic E-state index is 0.262. The van der Waals surface area contributed by atoms with Crippen LogP contribution in [0.4, 0.5) is 0 Å². The minimum Gasteiger partial charge on any atom is -0.467 e. The fourth-order valence-corrected chi connectivity index (χ4v) is 4.17. The highest BCUT2D eigenvalue weighted by molar-refractivity contribution is 5.96. The van der Waals surface area contributed by atoms with E-state index in [-0.39, 0.29) is 11.6 Å². The van der Waals surface area contributed by atoms with Crippen molar-refractivity contribution in [1.29, 1.82) is 0 Å². The van der Waals surface area contributed by atoms with Crippen LogP contribution >= 0.6 is 0 Å². The van der Waals surface area contributed by atoms with Gasteiger partial charge in [-0.3, -0.25) is 4.79 Å². The number of ether oxygens (including phenoxy) is 2. The quantitative estimate of drug-likeness (QED) is 0.416. The predicted molar refractivity (Wildman–Crippen MR) is 142 cm³/mol. The van der Waals surface area contributed by atoms with Gasteiger partial charge in [-0.15, -0.1) is 0 Å². The molecule has 3 aromatic rings. The summed E-state index contributed by atoms with van der Waals surface area (Å²) in [5.74, 6) is -0.842. The lowest BCUT2D eigenvalue weighted by Gasteiger charge is -2.30. The molecule has 1 heterocycles. The number of nitrogens with zero attached hydrogens (tertiary/aromatic N) is 1. The molecule has 1 aromatic heterocycles. The normalized spacial score (nSPS) is 12.2. The highest BCUT2D eigenvalue weighted by atomic mass is 16.6. The van der Waals surface area contributed by atoms with Crippen LogP contribution in [-0.2, 0) is 20.8 Å². The summed E-state index contributed by atoms with van der Waals surface area (Å²) >= 11 is 0. The molecule has 0 bridgehead atoms. The highest BCUT2D eigenvalue weighted by Gasteiger charge is 2.34. The van der Waals surface area contributed by atoms with Crippen molar-refractivity contribution in [2.24, 2.45) is 0 Å². The first kappa shape index (κ1) is 27.1. The van der Waals surface area contributed by atoms with Crippen molar-refractivity contribution >= 4 is 11.9 Å². The van der Waals surface area contributed by atoms with Gasteiger partial charge in [-0.25, -0.2) is 9.78 Å². The molecule has 1 unspecified atom stereocenters. The van der Waals surface area contributed by atoms with Gasteiger partial charge in [0.05, 0.1) is 12.7 Å². The maximum absolute atomic E-state index is 13.3. The molecule has 2 aromatic carbocycles. The zero-order valence-corrected chi connectivity index (χ0v) is 22.5. The Morgan fingerprint density at radius 3 is 2.22 bits per heavy atom. The topological polar surface area (TPSA) is 77.5 Å². The Bertz CT molecular complexity index is 1260. The average molecular weight is 489 g/mol. The van der Waals surface area contributed by atoms with Crippen LogP contribution in [0.2, 0.25) is 0 Å². The number of amides is 1. The number of carbonyl (C=O) groups excluding carboxylic acids is 2. The summed E-state index contributed by atoms with van der Waals surface area (Å²) in [6.07, 6.45) is -1.03. The maximum Gasteiger partial charge on any atom is 0.339 e. The van der Waals surface area contributed by atoms with Crippen molar-refractivity contribution < 1.29 is 19.1 Å². The Hall–Kier alpha value is -3.51. The van der Waals surface area contributed by atoms with Gasteiger partial charge in [0.1, 0.15) is 5.69 Å². The lowest BCUT2D eigenvalue weighted by molar-refractivity contribution is -0.164. The Balaban J connectivity index is 2.21. The second kappa shape index (κ2) is 11.0. The van der Waals surface area contributed by atoms with Gasteiger partial charge in [-0.1, -0.05) is 48.5 Å². The summed E-state index contributed by atoms with van der Waals surface area (Å²) in [5.41, 5.74) is 6.37. The monoisotopic (exact) mass is 488 g/mol. The Kier molecular flexibility index (Phi) is 8.31.